The maximum atomic E-state index is 13.0. The molecule has 1 fully saturated rings. The first-order valence-corrected chi connectivity index (χ1v) is 9.91. The summed E-state index contributed by atoms with van der Waals surface area (Å²) in [5, 5.41) is 12.9. The van der Waals surface area contributed by atoms with Gasteiger partial charge in [-0.15, -0.1) is 5.10 Å². The average Bonchev–Trinajstić information content (AvgIpc) is 3.37. The lowest BCUT2D eigenvalue weighted by atomic mass is 9.87. The summed E-state index contributed by atoms with van der Waals surface area (Å²) in [4.78, 5) is 13.0. The van der Waals surface area contributed by atoms with Crippen LogP contribution in [0.15, 0.2) is 42.5 Å². The van der Waals surface area contributed by atoms with Crippen LogP contribution >= 0.6 is 11.6 Å². The first-order chi connectivity index (χ1) is 13.3. The molecule has 1 saturated carbocycles. The van der Waals surface area contributed by atoms with Gasteiger partial charge in [0.2, 0.25) is 0 Å². The number of hydrogen-bond donors (Lipinski definition) is 0. The third kappa shape index (κ3) is 4.14. The van der Waals surface area contributed by atoms with Crippen LogP contribution in [0.4, 0.5) is 0 Å². The van der Waals surface area contributed by atoms with Crippen LogP contribution in [-0.2, 0) is 0 Å². The molecular weight excluding hydrogens is 372 g/mol. The predicted octanol–water partition coefficient (Wildman–Crippen LogP) is 5.48. The Morgan fingerprint density at radius 3 is 2.46 bits per heavy atom. The number of hydrogen-bond acceptors (Lipinski definition) is 4. The fraction of sp³-hybridized carbons (Fsp3) is 0.364. The maximum absolute atomic E-state index is 13.0. The van der Waals surface area contributed by atoms with Crippen molar-refractivity contribution in [3.05, 3.63) is 58.9 Å². The van der Waals surface area contributed by atoms with Gasteiger partial charge in [0.05, 0.1) is 5.69 Å². The quantitative estimate of drug-likeness (QED) is 0.537. The van der Waals surface area contributed by atoms with Crippen LogP contribution in [0.3, 0.4) is 0 Å². The van der Waals surface area contributed by atoms with Gasteiger partial charge in [-0.2, -0.15) is 4.68 Å². The van der Waals surface area contributed by atoms with Crippen molar-refractivity contribution in [2.75, 3.05) is 0 Å². The summed E-state index contributed by atoms with van der Waals surface area (Å²) in [6, 6.07) is 13.5. The molecule has 0 saturated heterocycles. The van der Waals surface area contributed by atoms with E-state index in [2.05, 4.69) is 36.3 Å². The van der Waals surface area contributed by atoms with Crippen molar-refractivity contribution in [2.24, 2.45) is 5.41 Å². The second-order valence-corrected chi connectivity index (χ2v) is 9.10. The Hall–Kier alpha value is -2.53. The fourth-order valence-corrected chi connectivity index (χ4v) is 3.39. The van der Waals surface area contributed by atoms with E-state index in [1.807, 2.05) is 42.5 Å². The Morgan fingerprint density at radius 1 is 1.11 bits per heavy atom. The number of carbonyl (C=O) groups is 1. The number of halogens is 1. The lowest BCUT2D eigenvalue weighted by Gasteiger charge is -2.18. The molecule has 6 heteroatoms. The molecule has 2 aromatic carbocycles. The van der Waals surface area contributed by atoms with E-state index >= 15 is 0 Å². The molecule has 3 aromatic rings. The van der Waals surface area contributed by atoms with Gasteiger partial charge in [-0.05, 0) is 70.1 Å². The van der Waals surface area contributed by atoms with Crippen molar-refractivity contribution in [3.63, 3.8) is 0 Å². The number of rotatable bonds is 5. The summed E-state index contributed by atoms with van der Waals surface area (Å²) >= 11 is 6.04. The molecule has 1 aromatic heterocycles. The van der Waals surface area contributed by atoms with E-state index in [0.29, 0.717) is 22.9 Å². The highest BCUT2D eigenvalue weighted by molar-refractivity contribution is 6.30. The fourth-order valence-electron chi connectivity index (χ4n) is 3.26. The van der Waals surface area contributed by atoms with Gasteiger partial charge in [0.25, 0.3) is 0 Å². The zero-order chi connectivity index (χ0) is 19.9. The highest BCUT2D eigenvalue weighted by Crippen LogP contribution is 2.39. The molecule has 4 rings (SSSR count). The smallest absolute Gasteiger partial charge is 0.163 e. The number of benzene rings is 2. The van der Waals surface area contributed by atoms with Gasteiger partial charge in [0.1, 0.15) is 0 Å². The largest absolute Gasteiger partial charge is 0.294 e. The molecule has 0 bridgehead atoms. The van der Waals surface area contributed by atoms with Gasteiger partial charge in [0.15, 0.2) is 11.6 Å². The minimum Gasteiger partial charge on any atom is -0.294 e. The zero-order valence-electron chi connectivity index (χ0n) is 16.3. The molecule has 1 aliphatic carbocycles. The maximum Gasteiger partial charge on any atom is 0.163 e. The Morgan fingerprint density at radius 2 is 1.82 bits per heavy atom. The van der Waals surface area contributed by atoms with Gasteiger partial charge >= 0.3 is 0 Å². The number of ketones is 1. The van der Waals surface area contributed by atoms with Crippen LogP contribution in [-0.4, -0.2) is 26.0 Å². The average molecular weight is 395 g/mol. The van der Waals surface area contributed by atoms with Gasteiger partial charge in [-0.1, -0.05) is 44.5 Å². The van der Waals surface area contributed by atoms with Crippen molar-refractivity contribution in [3.8, 4) is 16.8 Å². The van der Waals surface area contributed by atoms with E-state index in [4.69, 9.17) is 11.6 Å². The number of aromatic nitrogens is 4. The Balaban J connectivity index is 1.82. The van der Waals surface area contributed by atoms with Crippen LogP contribution < -0.4 is 0 Å². The molecule has 0 atom stereocenters. The highest BCUT2D eigenvalue weighted by Gasteiger charge is 2.30. The number of tetrazole rings is 1. The van der Waals surface area contributed by atoms with E-state index in [9.17, 15) is 4.79 Å². The van der Waals surface area contributed by atoms with Crippen LogP contribution in [0, 0.1) is 5.41 Å². The van der Waals surface area contributed by atoms with Crippen molar-refractivity contribution in [2.45, 2.75) is 46.0 Å². The van der Waals surface area contributed by atoms with Gasteiger partial charge < -0.3 is 0 Å². The minimum absolute atomic E-state index is 0.0818. The van der Waals surface area contributed by atoms with E-state index in [1.54, 1.807) is 4.68 Å². The molecule has 144 valence electrons. The lowest BCUT2D eigenvalue weighted by Crippen LogP contribution is -2.14. The summed E-state index contributed by atoms with van der Waals surface area (Å²) in [6.45, 7) is 6.21. The third-order valence-corrected chi connectivity index (χ3v) is 5.04. The zero-order valence-corrected chi connectivity index (χ0v) is 17.1. The molecule has 0 unspecified atom stereocenters. The molecule has 1 aliphatic rings. The molecular formula is C22H23ClN4O. The Labute approximate surface area is 169 Å². The molecule has 28 heavy (non-hydrogen) atoms. The Kier molecular flexibility index (Phi) is 4.79. The molecule has 0 radical (unpaired) electrons. The van der Waals surface area contributed by atoms with E-state index in [0.717, 1.165) is 35.5 Å². The standard InChI is InChI=1S/C22H23ClN4O/c1-22(2,3)13-20(28)17-10-16(14-6-8-18(23)9-7-14)11-19(12-17)27-21(15-4-5-15)24-25-26-27/h6-12,15H,4-5,13H2,1-3H3. The molecule has 0 spiro atoms. The monoisotopic (exact) mass is 394 g/mol. The van der Waals surface area contributed by atoms with Crippen molar-refractivity contribution in [1.29, 1.82) is 0 Å². The third-order valence-electron chi connectivity index (χ3n) is 4.79. The lowest BCUT2D eigenvalue weighted by molar-refractivity contribution is 0.0940. The molecule has 0 aliphatic heterocycles. The second kappa shape index (κ2) is 7.13. The number of Topliss-reactive ketones (excluding diaryl/α,β-unsaturated/α-hetero) is 1. The van der Waals surface area contributed by atoms with E-state index < -0.39 is 0 Å². The Bertz CT molecular complexity index is 1010. The predicted molar refractivity (Wildman–Crippen MR) is 110 cm³/mol. The number of carbonyl (C=O) groups excluding carboxylic acids is 1. The van der Waals surface area contributed by atoms with E-state index in [1.165, 1.54) is 0 Å². The van der Waals surface area contributed by atoms with Crippen LogP contribution in [0.1, 0.15) is 62.1 Å². The minimum atomic E-state index is -0.0818. The van der Waals surface area contributed by atoms with Crippen molar-refractivity contribution in [1.82, 2.24) is 20.2 Å². The van der Waals surface area contributed by atoms with E-state index in [-0.39, 0.29) is 11.2 Å². The van der Waals surface area contributed by atoms with Crippen LogP contribution in [0.25, 0.3) is 16.8 Å². The molecule has 0 N–H and O–H groups in total. The molecule has 5 nitrogen and oxygen atoms in total. The van der Waals surface area contributed by atoms with Crippen molar-refractivity contribution < 1.29 is 4.79 Å². The summed E-state index contributed by atoms with van der Waals surface area (Å²) in [6.07, 6.45) is 2.68. The topological polar surface area (TPSA) is 60.7 Å². The second-order valence-electron chi connectivity index (χ2n) is 8.66. The normalized spacial score (nSPS) is 14.3. The van der Waals surface area contributed by atoms with Crippen LogP contribution in [0.5, 0.6) is 0 Å². The summed E-state index contributed by atoms with van der Waals surface area (Å²) in [5.41, 5.74) is 3.36. The first-order valence-electron chi connectivity index (χ1n) is 9.53. The van der Waals surface area contributed by atoms with Gasteiger partial charge in [-0.25, -0.2) is 0 Å². The first kappa shape index (κ1) is 18.8. The SMILES string of the molecule is CC(C)(C)CC(=O)c1cc(-c2ccc(Cl)cc2)cc(-n2nnnc2C2CC2)c1. The van der Waals surface area contributed by atoms with Gasteiger partial charge in [0, 0.05) is 22.9 Å². The highest BCUT2D eigenvalue weighted by atomic mass is 35.5. The summed E-state index contributed by atoms with van der Waals surface area (Å²) < 4.78 is 1.77. The molecule has 0 amide bonds. The summed E-state index contributed by atoms with van der Waals surface area (Å²) in [7, 11) is 0. The van der Waals surface area contributed by atoms with Crippen molar-refractivity contribution >= 4 is 17.4 Å². The summed E-state index contributed by atoms with van der Waals surface area (Å²) in [5.74, 6) is 1.39. The molecule has 1 heterocycles. The van der Waals surface area contributed by atoms with Crippen LogP contribution in [0.2, 0.25) is 5.02 Å². The van der Waals surface area contributed by atoms with Gasteiger partial charge in [-0.3, -0.25) is 4.79 Å². The number of nitrogens with zero attached hydrogens (tertiary/aromatic N) is 4.